The summed E-state index contributed by atoms with van der Waals surface area (Å²) >= 11 is 0. The van der Waals surface area contributed by atoms with E-state index in [0.717, 1.165) is 5.69 Å². The summed E-state index contributed by atoms with van der Waals surface area (Å²) in [5.74, 6) is -1.32. The number of hydrogen-bond donors (Lipinski definition) is 1. The van der Waals surface area contributed by atoms with Crippen LogP contribution in [0.2, 0.25) is 0 Å². The summed E-state index contributed by atoms with van der Waals surface area (Å²) in [6.07, 6.45) is 0. The largest absolute Gasteiger partial charge is 0.452 e. The number of nitrogens with one attached hydrogen (secondary N) is 1. The van der Waals surface area contributed by atoms with Crippen LogP contribution < -0.4 is 10.2 Å². The summed E-state index contributed by atoms with van der Waals surface area (Å²) in [7, 11) is 3.80. The van der Waals surface area contributed by atoms with Crippen molar-refractivity contribution < 1.29 is 19.1 Å². The fourth-order valence-corrected chi connectivity index (χ4v) is 2.83. The summed E-state index contributed by atoms with van der Waals surface area (Å²) in [6.45, 7) is -0.456. The van der Waals surface area contributed by atoms with E-state index in [4.69, 9.17) is 4.74 Å². The van der Waals surface area contributed by atoms with Crippen LogP contribution >= 0.6 is 0 Å². The van der Waals surface area contributed by atoms with Gasteiger partial charge < -0.3 is 15.0 Å². The number of nitrogens with zero attached hydrogens (tertiary/aromatic N) is 1. The van der Waals surface area contributed by atoms with Gasteiger partial charge in [0.1, 0.15) is 0 Å². The molecule has 0 fully saturated rings. The van der Waals surface area contributed by atoms with E-state index >= 15 is 0 Å². The van der Waals surface area contributed by atoms with Gasteiger partial charge in [-0.3, -0.25) is 9.59 Å². The third-order valence-corrected chi connectivity index (χ3v) is 4.44. The number of ether oxygens (including phenoxy) is 1. The Morgan fingerprint density at radius 3 is 2.10 bits per heavy atom. The Kier molecular flexibility index (Phi) is 6.60. The Labute approximate surface area is 175 Å². The molecule has 0 heterocycles. The molecule has 0 bridgehead atoms. The molecule has 30 heavy (non-hydrogen) atoms. The van der Waals surface area contributed by atoms with Crippen molar-refractivity contribution in [2.45, 2.75) is 0 Å². The first-order valence-corrected chi connectivity index (χ1v) is 9.39. The van der Waals surface area contributed by atoms with Crippen molar-refractivity contribution in [3.63, 3.8) is 0 Å². The van der Waals surface area contributed by atoms with Crippen molar-refractivity contribution in [2.24, 2.45) is 0 Å². The Bertz CT molecular complexity index is 1040. The molecule has 0 spiro atoms. The molecular formula is C24H22N2O4. The van der Waals surface area contributed by atoms with Crippen LogP contribution in [0.5, 0.6) is 0 Å². The van der Waals surface area contributed by atoms with Crippen molar-refractivity contribution in [3.8, 4) is 0 Å². The number of rotatable bonds is 7. The normalized spacial score (nSPS) is 10.2. The van der Waals surface area contributed by atoms with Crippen LogP contribution in [-0.2, 0) is 9.53 Å². The van der Waals surface area contributed by atoms with E-state index in [1.165, 1.54) is 0 Å². The fraction of sp³-hybridized carbons (Fsp3) is 0.125. The van der Waals surface area contributed by atoms with E-state index < -0.39 is 18.5 Å². The molecule has 152 valence electrons. The van der Waals surface area contributed by atoms with Crippen molar-refractivity contribution in [1.82, 2.24) is 0 Å². The first-order valence-electron chi connectivity index (χ1n) is 9.39. The van der Waals surface area contributed by atoms with Crippen LogP contribution in [0.15, 0.2) is 78.9 Å². The number of hydrogen-bond acceptors (Lipinski definition) is 5. The lowest BCUT2D eigenvalue weighted by Crippen LogP contribution is -2.22. The molecule has 0 aliphatic heterocycles. The molecule has 3 aromatic carbocycles. The summed E-state index contributed by atoms with van der Waals surface area (Å²) in [6, 6.07) is 22.4. The van der Waals surface area contributed by atoms with Crippen molar-refractivity contribution in [3.05, 3.63) is 95.6 Å². The summed E-state index contributed by atoms with van der Waals surface area (Å²) in [5, 5.41) is 2.65. The zero-order valence-electron chi connectivity index (χ0n) is 16.8. The third-order valence-electron chi connectivity index (χ3n) is 4.44. The molecule has 0 aromatic heterocycles. The van der Waals surface area contributed by atoms with Crippen molar-refractivity contribution >= 4 is 29.0 Å². The molecule has 0 saturated heterocycles. The quantitative estimate of drug-likeness (QED) is 0.481. The number of benzene rings is 3. The third kappa shape index (κ3) is 5.11. The Morgan fingerprint density at radius 1 is 0.800 bits per heavy atom. The number of carbonyl (C=O) groups excluding carboxylic acids is 3. The van der Waals surface area contributed by atoms with Gasteiger partial charge in [0, 0.05) is 30.9 Å². The maximum atomic E-state index is 12.7. The highest BCUT2D eigenvalue weighted by molar-refractivity contribution is 6.14. The van der Waals surface area contributed by atoms with Crippen LogP contribution in [-0.4, -0.2) is 38.4 Å². The first-order chi connectivity index (χ1) is 14.5. The standard InChI is InChI=1S/C24H22N2O4/c1-26(2)19-14-12-18(13-15-19)24(29)30-16-22(27)25-21-11-7-6-10-20(21)23(28)17-8-4-3-5-9-17/h3-15H,16H2,1-2H3,(H,25,27). The van der Waals surface area contributed by atoms with Crippen LogP contribution in [0.4, 0.5) is 11.4 Å². The second kappa shape index (κ2) is 9.52. The molecule has 1 amide bonds. The average molecular weight is 402 g/mol. The maximum Gasteiger partial charge on any atom is 0.338 e. The highest BCUT2D eigenvalue weighted by Gasteiger charge is 2.16. The zero-order valence-corrected chi connectivity index (χ0v) is 16.8. The van der Waals surface area contributed by atoms with Gasteiger partial charge in [-0.25, -0.2) is 4.79 Å². The van der Waals surface area contributed by atoms with Gasteiger partial charge in [0.05, 0.1) is 11.3 Å². The predicted molar refractivity (Wildman–Crippen MR) is 116 cm³/mol. The average Bonchev–Trinajstić information content (AvgIpc) is 2.78. The lowest BCUT2D eigenvalue weighted by molar-refractivity contribution is -0.119. The van der Waals surface area contributed by atoms with Crippen molar-refractivity contribution in [1.29, 1.82) is 0 Å². The highest BCUT2D eigenvalue weighted by atomic mass is 16.5. The van der Waals surface area contributed by atoms with Gasteiger partial charge in [0.2, 0.25) is 0 Å². The molecule has 0 aliphatic rings. The minimum Gasteiger partial charge on any atom is -0.452 e. The molecule has 3 aromatic rings. The molecule has 0 unspecified atom stereocenters. The number of anilines is 2. The van der Waals surface area contributed by atoms with Crippen molar-refractivity contribution in [2.75, 3.05) is 30.9 Å². The second-order valence-electron chi connectivity index (χ2n) is 6.81. The lowest BCUT2D eigenvalue weighted by atomic mass is 10.0. The van der Waals surface area contributed by atoms with Gasteiger partial charge >= 0.3 is 5.97 Å². The molecule has 3 rings (SSSR count). The molecule has 0 radical (unpaired) electrons. The van der Waals surface area contributed by atoms with E-state index in [-0.39, 0.29) is 5.78 Å². The van der Waals surface area contributed by atoms with Crippen LogP contribution in [0.3, 0.4) is 0 Å². The summed E-state index contributed by atoms with van der Waals surface area (Å²) < 4.78 is 5.10. The molecule has 0 atom stereocenters. The minimum absolute atomic E-state index is 0.204. The van der Waals surface area contributed by atoms with Gasteiger partial charge in [-0.2, -0.15) is 0 Å². The molecule has 0 aliphatic carbocycles. The van der Waals surface area contributed by atoms with Gasteiger partial charge in [0.25, 0.3) is 5.91 Å². The minimum atomic E-state index is -0.593. The Balaban J connectivity index is 1.63. The molecule has 0 saturated carbocycles. The topological polar surface area (TPSA) is 75.7 Å². The van der Waals surface area contributed by atoms with Gasteiger partial charge in [-0.15, -0.1) is 0 Å². The van der Waals surface area contributed by atoms with E-state index in [2.05, 4.69) is 5.32 Å². The monoisotopic (exact) mass is 402 g/mol. The SMILES string of the molecule is CN(C)c1ccc(C(=O)OCC(=O)Nc2ccccc2C(=O)c2ccccc2)cc1. The van der Waals surface area contributed by atoms with Gasteiger partial charge in [-0.05, 0) is 36.4 Å². The van der Waals surface area contributed by atoms with Crippen LogP contribution in [0, 0.1) is 0 Å². The van der Waals surface area contributed by atoms with Crippen LogP contribution in [0.1, 0.15) is 26.3 Å². The highest BCUT2D eigenvalue weighted by Crippen LogP contribution is 2.19. The molecule has 1 N–H and O–H groups in total. The summed E-state index contributed by atoms with van der Waals surface area (Å²) in [4.78, 5) is 39.1. The molecular weight excluding hydrogens is 380 g/mol. The number of esters is 1. The Morgan fingerprint density at radius 2 is 1.43 bits per heavy atom. The Hall–Kier alpha value is -3.93. The lowest BCUT2D eigenvalue weighted by Gasteiger charge is -2.13. The second-order valence-corrected chi connectivity index (χ2v) is 6.81. The number of para-hydroxylation sites is 1. The zero-order chi connectivity index (χ0) is 21.5. The smallest absolute Gasteiger partial charge is 0.338 e. The van der Waals surface area contributed by atoms with E-state index in [1.807, 2.05) is 25.1 Å². The van der Waals surface area contributed by atoms with Crippen LogP contribution in [0.25, 0.3) is 0 Å². The number of amides is 1. The molecule has 6 heteroatoms. The maximum absolute atomic E-state index is 12.7. The van der Waals surface area contributed by atoms with Gasteiger partial charge in [0.15, 0.2) is 12.4 Å². The molecule has 6 nitrogen and oxygen atoms in total. The predicted octanol–water partition coefficient (Wildman–Crippen LogP) is 3.78. The van der Waals surface area contributed by atoms with Gasteiger partial charge in [-0.1, -0.05) is 42.5 Å². The first kappa shape index (κ1) is 20.8. The summed E-state index contributed by atoms with van der Waals surface area (Å²) in [5.41, 5.74) is 2.55. The number of carbonyl (C=O) groups is 3. The number of ketones is 1. The fourth-order valence-electron chi connectivity index (χ4n) is 2.83. The van der Waals surface area contributed by atoms with E-state index in [9.17, 15) is 14.4 Å². The van der Waals surface area contributed by atoms with E-state index in [1.54, 1.807) is 72.8 Å². The van der Waals surface area contributed by atoms with E-state index in [0.29, 0.717) is 22.4 Å².